The van der Waals surface area contributed by atoms with Crippen molar-refractivity contribution in [3.63, 3.8) is 0 Å². The first kappa shape index (κ1) is 19.3. The zero-order valence-corrected chi connectivity index (χ0v) is 17.8. The van der Waals surface area contributed by atoms with Crippen LogP contribution in [-0.4, -0.2) is 24.5 Å². The summed E-state index contributed by atoms with van der Waals surface area (Å²) >= 11 is 1.49. The van der Waals surface area contributed by atoms with Gasteiger partial charge in [-0.15, -0.1) is 0 Å². The average molecular weight is 430 g/mol. The molecule has 0 aliphatic carbocycles. The molecular formula is C23H19N5O2S. The first-order valence-electron chi connectivity index (χ1n) is 9.78. The number of aromatic nitrogens is 5. The first-order valence-corrected chi connectivity index (χ1v) is 10.8. The molecule has 0 fully saturated rings. The molecule has 1 N–H and O–H groups in total. The van der Waals surface area contributed by atoms with E-state index in [0.29, 0.717) is 28.0 Å². The van der Waals surface area contributed by atoms with E-state index in [4.69, 9.17) is 4.42 Å². The molecule has 2 aromatic carbocycles. The highest BCUT2D eigenvalue weighted by Gasteiger charge is 2.18. The summed E-state index contributed by atoms with van der Waals surface area (Å²) in [5.74, 6) is 1.91. The largest absolute Gasteiger partial charge is 0.441 e. The summed E-state index contributed by atoms with van der Waals surface area (Å²) in [4.78, 5) is 28.5. The van der Waals surface area contributed by atoms with Gasteiger partial charge >= 0.3 is 0 Å². The summed E-state index contributed by atoms with van der Waals surface area (Å²) in [6, 6.07) is 17.9. The van der Waals surface area contributed by atoms with Crippen molar-refractivity contribution in [1.82, 2.24) is 24.5 Å². The molecule has 3 aromatic heterocycles. The van der Waals surface area contributed by atoms with Gasteiger partial charge in [-0.05, 0) is 38.1 Å². The van der Waals surface area contributed by atoms with E-state index in [1.807, 2.05) is 73.0 Å². The second-order valence-electron chi connectivity index (χ2n) is 7.15. The maximum atomic E-state index is 12.3. The van der Waals surface area contributed by atoms with E-state index in [1.54, 1.807) is 0 Å². The molecule has 0 aliphatic heterocycles. The molecule has 154 valence electrons. The molecule has 31 heavy (non-hydrogen) atoms. The normalized spacial score (nSPS) is 11.3. The fourth-order valence-electron chi connectivity index (χ4n) is 3.31. The molecule has 0 amide bonds. The van der Waals surface area contributed by atoms with Gasteiger partial charge in [0.25, 0.3) is 5.56 Å². The highest BCUT2D eigenvalue weighted by Crippen LogP contribution is 2.30. The Bertz CT molecular complexity index is 1420. The number of hydrogen-bond acceptors (Lipinski definition) is 6. The molecule has 5 rings (SSSR count). The molecule has 0 spiro atoms. The Morgan fingerprint density at radius 2 is 1.81 bits per heavy atom. The molecule has 3 heterocycles. The van der Waals surface area contributed by atoms with Gasteiger partial charge in [0.1, 0.15) is 5.76 Å². The van der Waals surface area contributed by atoms with E-state index >= 15 is 0 Å². The van der Waals surface area contributed by atoms with Crippen molar-refractivity contribution in [2.45, 2.75) is 24.8 Å². The van der Waals surface area contributed by atoms with Crippen LogP contribution in [0.2, 0.25) is 0 Å². The van der Waals surface area contributed by atoms with Crippen LogP contribution in [0.5, 0.6) is 0 Å². The summed E-state index contributed by atoms with van der Waals surface area (Å²) in [6.07, 6.45) is 1.40. The Hall–Kier alpha value is -3.65. The van der Waals surface area contributed by atoms with Crippen molar-refractivity contribution < 1.29 is 4.42 Å². The van der Waals surface area contributed by atoms with Crippen molar-refractivity contribution >= 4 is 22.9 Å². The number of nitrogens with zero attached hydrogens (tertiary/aromatic N) is 4. The molecule has 5 aromatic rings. The summed E-state index contributed by atoms with van der Waals surface area (Å²) in [5.41, 5.74) is 4.40. The van der Waals surface area contributed by atoms with Gasteiger partial charge in [0.2, 0.25) is 5.89 Å². The lowest BCUT2D eigenvalue weighted by molar-refractivity contribution is 0.540. The number of H-pyrrole nitrogens is 1. The van der Waals surface area contributed by atoms with Crippen LogP contribution in [0.25, 0.3) is 28.3 Å². The Kier molecular flexibility index (Phi) is 4.91. The third kappa shape index (κ3) is 3.66. The van der Waals surface area contributed by atoms with Gasteiger partial charge < -0.3 is 9.40 Å². The van der Waals surface area contributed by atoms with E-state index in [0.717, 1.165) is 28.3 Å². The van der Waals surface area contributed by atoms with Gasteiger partial charge in [-0.2, -0.15) is 0 Å². The number of benzene rings is 2. The first-order chi connectivity index (χ1) is 15.1. The molecule has 0 bridgehead atoms. The van der Waals surface area contributed by atoms with E-state index in [1.165, 1.54) is 18.1 Å². The minimum absolute atomic E-state index is 0.262. The van der Waals surface area contributed by atoms with E-state index in [-0.39, 0.29) is 5.56 Å². The predicted octanol–water partition coefficient (Wildman–Crippen LogP) is 4.67. The fourth-order valence-corrected chi connectivity index (χ4v) is 4.32. The van der Waals surface area contributed by atoms with Crippen LogP contribution in [0.15, 0.2) is 75.3 Å². The second kappa shape index (κ2) is 7.88. The summed E-state index contributed by atoms with van der Waals surface area (Å²) in [6.45, 7) is 3.94. The van der Waals surface area contributed by atoms with Crippen molar-refractivity contribution in [1.29, 1.82) is 0 Å². The van der Waals surface area contributed by atoms with Crippen molar-refractivity contribution in [2.24, 2.45) is 0 Å². The Balaban J connectivity index is 1.52. The lowest BCUT2D eigenvalue weighted by Gasteiger charge is -2.08. The Morgan fingerprint density at radius 1 is 1.03 bits per heavy atom. The van der Waals surface area contributed by atoms with Gasteiger partial charge in [0, 0.05) is 17.0 Å². The highest BCUT2D eigenvalue weighted by molar-refractivity contribution is 7.98. The molecule has 0 saturated carbocycles. The minimum Gasteiger partial charge on any atom is -0.441 e. The Labute approximate surface area is 182 Å². The lowest BCUT2D eigenvalue weighted by Crippen LogP contribution is -2.07. The zero-order chi connectivity index (χ0) is 21.4. The van der Waals surface area contributed by atoms with Gasteiger partial charge in [-0.3, -0.25) is 9.36 Å². The maximum absolute atomic E-state index is 12.3. The second-order valence-corrected chi connectivity index (χ2v) is 8.09. The van der Waals surface area contributed by atoms with E-state index < -0.39 is 0 Å². The predicted molar refractivity (Wildman–Crippen MR) is 120 cm³/mol. The van der Waals surface area contributed by atoms with Crippen LogP contribution in [0.4, 0.5) is 0 Å². The van der Waals surface area contributed by atoms with Gasteiger partial charge in [0.15, 0.2) is 16.3 Å². The third-order valence-electron chi connectivity index (χ3n) is 4.96. The lowest BCUT2D eigenvalue weighted by atomic mass is 10.2. The molecule has 7 nitrogen and oxygen atoms in total. The van der Waals surface area contributed by atoms with Crippen molar-refractivity contribution in [3.8, 4) is 17.1 Å². The van der Waals surface area contributed by atoms with Gasteiger partial charge in [-0.25, -0.2) is 15.0 Å². The van der Waals surface area contributed by atoms with Crippen LogP contribution >= 0.6 is 11.8 Å². The molecule has 0 radical (unpaired) electrons. The van der Waals surface area contributed by atoms with Crippen LogP contribution < -0.4 is 5.56 Å². The molecule has 0 atom stereocenters. The smallest absolute Gasteiger partial charge is 0.278 e. The number of hydrogen-bond donors (Lipinski definition) is 1. The third-order valence-corrected chi connectivity index (χ3v) is 5.91. The number of nitrogens with one attached hydrogen (secondary N) is 1. The van der Waals surface area contributed by atoms with E-state index in [2.05, 4.69) is 19.9 Å². The summed E-state index contributed by atoms with van der Waals surface area (Å²) in [7, 11) is 0. The monoisotopic (exact) mass is 429 g/mol. The number of fused-ring (bicyclic) bond motifs is 1. The quantitative estimate of drug-likeness (QED) is 0.408. The molecule has 0 aliphatic rings. The van der Waals surface area contributed by atoms with E-state index in [9.17, 15) is 4.79 Å². The fraction of sp³-hybridized carbons (Fsp3) is 0.130. The standard InChI is InChI=1S/C23H19N5O2S/c1-14-8-10-17(11-9-14)28-20-19(21(29)25-13-24-20)27-23(28)31-12-18-15(2)30-22(26-18)16-6-4-3-5-7-16/h3-11,13H,12H2,1-2H3,(H,24,25,29). The zero-order valence-electron chi connectivity index (χ0n) is 17.0. The van der Waals surface area contributed by atoms with Crippen LogP contribution in [0.3, 0.4) is 0 Å². The maximum Gasteiger partial charge on any atom is 0.278 e. The van der Waals surface area contributed by atoms with Crippen LogP contribution in [0, 0.1) is 13.8 Å². The number of imidazole rings is 1. The summed E-state index contributed by atoms with van der Waals surface area (Å²) < 4.78 is 7.78. The summed E-state index contributed by atoms with van der Waals surface area (Å²) in [5, 5.41) is 0.673. The molecular weight excluding hydrogens is 410 g/mol. The number of aromatic amines is 1. The van der Waals surface area contributed by atoms with Crippen molar-refractivity contribution in [2.75, 3.05) is 0 Å². The van der Waals surface area contributed by atoms with Crippen LogP contribution in [-0.2, 0) is 5.75 Å². The number of oxazole rings is 1. The number of rotatable bonds is 5. The molecule has 0 unspecified atom stereocenters. The average Bonchev–Trinajstić information content (AvgIpc) is 3.35. The number of thioether (sulfide) groups is 1. The number of aryl methyl sites for hydroxylation is 2. The van der Waals surface area contributed by atoms with Crippen LogP contribution in [0.1, 0.15) is 17.0 Å². The highest BCUT2D eigenvalue weighted by atomic mass is 32.2. The van der Waals surface area contributed by atoms with Gasteiger partial charge in [0.05, 0.1) is 12.0 Å². The minimum atomic E-state index is -0.262. The molecule has 0 saturated heterocycles. The topological polar surface area (TPSA) is 89.6 Å². The Morgan fingerprint density at radius 3 is 2.58 bits per heavy atom. The SMILES string of the molecule is Cc1ccc(-n2c(SCc3nc(-c4ccccc4)oc3C)nc3c(=O)[nH]cnc32)cc1. The van der Waals surface area contributed by atoms with Gasteiger partial charge in [-0.1, -0.05) is 47.7 Å². The molecule has 8 heteroatoms. The van der Waals surface area contributed by atoms with Crippen molar-refractivity contribution in [3.05, 3.63) is 88.3 Å².